The van der Waals surface area contributed by atoms with Gasteiger partial charge in [0, 0.05) is 12.7 Å². The van der Waals surface area contributed by atoms with Crippen molar-refractivity contribution in [3.63, 3.8) is 0 Å². The third-order valence-corrected chi connectivity index (χ3v) is 4.39. The first-order valence-electron chi connectivity index (χ1n) is 9.26. The van der Waals surface area contributed by atoms with Crippen molar-refractivity contribution in [3.8, 4) is 5.75 Å². The van der Waals surface area contributed by atoms with Crippen LogP contribution in [0.1, 0.15) is 46.4 Å². The number of aromatic nitrogens is 2. The number of carbonyl (C=O) groups excluding carboxylic acids is 2. The normalized spacial score (nSPS) is 10.7. The lowest BCUT2D eigenvalue weighted by atomic mass is 10.2. The molecule has 2 aromatic heterocycles. The van der Waals surface area contributed by atoms with Crippen LogP contribution in [-0.2, 0) is 0 Å². The number of nitrogens with one attached hydrogen (secondary N) is 2. The summed E-state index contributed by atoms with van der Waals surface area (Å²) in [6.45, 7) is 4.56. The van der Waals surface area contributed by atoms with Gasteiger partial charge in [0.05, 0.1) is 18.3 Å². The SMILES string of the molecule is CCCCNC(=O)c1nc(C(=O)Nc2cc(C)ccc2OC)n2ccccc12. The number of methoxy groups -OCH3 is 1. The summed E-state index contributed by atoms with van der Waals surface area (Å²) in [5.74, 6) is -0.0146. The van der Waals surface area contributed by atoms with Gasteiger partial charge < -0.3 is 15.4 Å². The van der Waals surface area contributed by atoms with E-state index in [4.69, 9.17) is 4.74 Å². The molecule has 0 fully saturated rings. The molecule has 0 saturated heterocycles. The summed E-state index contributed by atoms with van der Waals surface area (Å²) in [4.78, 5) is 29.8. The van der Waals surface area contributed by atoms with Crippen LogP contribution in [0.15, 0.2) is 42.6 Å². The first-order valence-corrected chi connectivity index (χ1v) is 9.26. The zero-order valence-electron chi connectivity index (χ0n) is 16.3. The molecule has 0 bridgehead atoms. The standard InChI is InChI=1S/C21H24N4O3/c1-4-5-11-22-20(26)18-16-8-6-7-12-25(16)19(24-18)21(27)23-15-13-14(2)9-10-17(15)28-3/h6-10,12-13H,4-5,11H2,1-3H3,(H,22,26)(H,23,27). The Morgan fingerprint density at radius 2 is 2.00 bits per heavy atom. The van der Waals surface area contributed by atoms with Crippen molar-refractivity contribution in [2.24, 2.45) is 0 Å². The Morgan fingerprint density at radius 1 is 1.18 bits per heavy atom. The quantitative estimate of drug-likeness (QED) is 0.615. The molecular weight excluding hydrogens is 356 g/mol. The summed E-state index contributed by atoms with van der Waals surface area (Å²) < 4.78 is 6.93. The lowest BCUT2D eigenvalue weighted by Gasteiger charge is -2.10. The number of anilines is 1. The first kappa shape index (κ1) is 19.4. The van der Waals surface area contributed by atoms with Gasteiger partial charge in [-0.25, -0.2) is 4.98 Å². The molecule has 0 aliphatic rings. The van der Waals surface area contributed by atoms with E-state index in [2.05, 4.69) is 22.5 Å². The molecule has 146 valence electrons. The van der Waals surface area contributed by atoms with Crippen molar-refractivity contribution < 1.29 is 14.3 Å². The van der Waals surface area contributed by atoms with Crippen LogP contribution in [0.25, 0.3) is 5.52 Å². The molecule has 3 rings (SSSR count). The number of pyridine rings is 1. The third-order valence-electron chi connectivity index (χ3n) is 4.39. The topological polar surface area (TPSA) is 84.7 Å². The molecule has 0 aliphatic heterocycles. The second-order valence-corrected chi connectivity index (χ2v) is 6.51. The number of imidazole rings is 1. The Bertz CT molecular complexity index is 1010. The van der Waals surface area contributed by atoms with Crippen LogP contribution in [0, 0.1) is 6.92 Å². The number of ether oxygens (including phenoxy) is 1. The molecule has 0 radical (unpaired) electrons. The summed E-state index contributed by atoms with van der Waals surface area (Å²) in [7, 11) is 1.55. The van der Waals surface area contributed by atoms with Gasteiger partial charge >= 0.3 is 0 Å². The number of hydrogen-bond acceptors (Lipinski definition) is 4. The predicted molar refractivity (Wildman–Crippen MR) is 108 cm³/mol. The zero-order valence-corrected chi connectivity index (χ0v) is 16.3. The van der Waals surface area contributed by atoms with Crippen LogP contribution in [0.3, 0.4) is 0 Å². The molecule has 2 N–H and O–H groups in total. The number of amides is 2. The van der Waals surface area contributed by atoms with Gasteiger partial charge in [-0.05, 0) is 43.2 Å². The Morgan fingerprint density at radius 3 is 2.75 bits per heavy atom. The molecule has 2 heterocycles. The number of rotatable bonds is 7. The number of nitrogens with zero attached hydrogens (tertiary/aromatic N) is 2. The molecular formula is C21H24N4O3. The van der Waals surface area contributed by atoms with E-state index in [1.54, 1.807) is 35.9 Å². The maximum Gasteiger partial charge on any atom is 0.292 e. The van der Waals surface area contributed by atoms with Crippen molar-refractivity contribution in [2.45, 2.75) is 26.7 Å². The van der Waals surface area contributed by atoms with Gasteiger partial charge in [-0.3, -0.25) is 14.0 Å². The van der Waals surface area contributed by atoms with Crippen molar-refractivity contribution in [3.05, 3.63) is 59.7 Å². The number of benzene rings is 1. The highest BCUT2D eigenvalue weighted by Gasteiger charge is 2.22. The molecule has 7 heteroatoms. The minimum absolute atomic E-state index is 0.139. The van der Waals surface area contributed by atoms with Gasteiger partial charge in [-0.15, -0.1) is 0 Å². The monoisotopic (exact) mass is 380 g/mol. The minimum Gasteiger partial charge on any atom is -0.495 e. The van der Waals surface area contributed by atoms with E-state index in [1.165, 1.54) is 0 Å². The number of hydrogen-bond donors (Lipinski definition) is 2. The van der Waals surface area contributed by atoms with E-state index in [-0.39, 0.29) is 17.4 Å². The summed E-state index contributed by atoms with van der Waals surface area (Å²) in [6.07, 6.45) is 3.59. The number of unbranched alkanes of at least 4 members (excludes halogenated alkanes) is 1. The van der Waals surface area contributed by atoms with Gasteiger partial charge in [0.1, 0.15) is 5.75 Å². The maximum atomic E-state index is 12.9. The smallest absolute Gasteiger partial charge is 0.292 e. The lowest BCUT2D eigenvalue weighted by Crippen LogP contribution is -2.25. The Balaban J connectivity index is 1.94. The fourth-order valence-electron chi connectivity index (χ4n) is 2.93. The summed E-state index contributed by atoms with van der Waals surface area (Å²) in [6, 6.07) is 10.9. The molecule has 0 atom stereocenters. The molecule has 3 aromatic rings. The fourth-order valence-corrected chi connectivity index (χ4v) is 2.93. The second-order valence-electron chi connectivity index (χ2n) is 6.51. The molecule has 0 spiro atoms. The van der Waals surface area contributed by atoms with Crippen LogP contribution in [-0.4, -0.2) is 34.9 Å². The van der Waals surface area contributed by atoms with Crippen LogP contribution >= 0.6 is 0 Å². The van der Waals surface area contributed by atoms with Gasteiger partial charge in [-0.2, -0.15) is 0 Å². The summed E-state index contributed by atoms with van der Waals surface area (Å²) in [5.41, 5.74) is 2.35. The largest absolute Gasteiger partial charge is 0.495 e. The van der Waals surface area contributed by atoms with Gasteiger partial charge in [-0.1, -0.05) is 25.5 Å². The predicted octanol–water partition coefficient (Wildman–Crippen LogP) is 3.43. The van der Waals surface area contributed by atoms with Crippen LogP contribution in [0.2, 0.25) is 0 Å². The van der Waals surface area contributed by atoms with Crippen LogP contribution < -0.4 is 15.4 Å². The number of aryl methyl sites for hydroxylation is 1. The molecule has 0 aliphatic carbocycles. The van der Waals surface area contributed by atoms with Gasteiger partial charge in [0.2, 0.25) is 5.82 Å². The summed E-state index contributed by atoms with van der Waals surface area (Å²) in [5, 5.41) is 5.69. The lowest BCUT2D eigenvalue weighted by molar-refractivity contribution is 0.0950. The van der Waals surface area contributed by atoms with E-state index in [9.17, 15) is 9.59 Å². The van der Waals surface area contributed by atoms with Crippen molar-refractivity contribution in [1.29, 1.82) is 0 Å². The van der Waals surface area contributed by atoms with Gasteiger partial charge in [0.15, 0.2) is 5.69 Å². The first-order chi connectivity index (χ1) is 13.5. The molecule has 7 nitrogen and oxygen atoms in total. The van der Waals surface area contributed by atoms with Crippen molar-refractivity contribution in [2.75, 3.05) is 19.0 Å². The third kappa shape index (κ3) is 3.98. The average molecular weight is 380 g/mol. The maximum absolute atomic E-state index is 12.9. The fraction of sp³-hybridized carbons (Fsp3) is 0.286. The van der Waals surface area contributed by atoms with E-state index in [1.807, 2.05) is 25.1 Å². The van der Waals surface area contributed by atoms with E-state index in [0.717, 1.165) is 18.4 Å². The van der Waals surface area contributed by atoms with E-state index < -0.39 is 5.91 Å². The molecule has 28 heavy (non-hydrogen) atoms. The average Bonchev–Trinajstić information content (AvgIpc) is 3.08. The number of fused-ring (bicyclic) bond motifs is 1. The van der Waals surface area contributed by atoms with E-state index >= 15 is 0 Å². The Labute approximate surface area is 163 Å². The summed E-state index contributed by atoms with van der Waals surface area (Å²) >= 11 is 0. The molecule has 1 aromatic carbocycles. The molecule has 0 unspecified atom stereocenters. The Hall–Kier alpha value is -3.35. The molecule has 0 saturated carbocycles. The Kier molecular flexibility index (Phi) is 5.93. The highest BCUT2D eigenvalue weighted by molar-refractivity contribution is 6.06. The van der Waals surface area contributed by atoms with Crippen LogP contribution in [0.4, 0.5) is 5.69 Å². The second kappa shape index (κ2) is 8.56. The number of carbonyl (C=O) groups is 2. The van der Waals surface area contributed by atoms with Gasteiger partial charge in [0.25, 0.3) is 11.8 Å². The molecule has 2 amide bonds. The highest BCUT2D eigenvalue weighted by atomic mass is 16.5. The van der Waals surface area contributed by atoms with Crippen molar-refractivity contribution >= 4 is 23.0 Å². The van der Waals surface area contributed by atoms with Crippen molar-refractivity contribution in [1.82, 2.24) is 14.7 Å². The minimum atomic E-state index is -0.419. The highest BCUT2D eigenvalue weighted by Crippen LogP contribution is 2.26. The van der Waals surface area contributed by atoms with Crippen LogP contribution in [0.5, 0.6) is 5.75 Å². The zero-order chi connectivity index (χ0) is 20.1. The van der Waals surface area contributed by atoms with E-state index in [0.29, 0.717) is 23.5 Å².